The minimum Gasteiger partial charge on any atom is -0.396 e. The number of nitrogens with two attached hydrogens (primary N) is 1. The van der Waals surface area contributed by atoms with E-state index in [1.807, 2.05) is 0 Å². The van der Waals surface area contributed by atoms with E-state index in [0.717, 1.165) is 0 Å². The van der Waals surface area contributed by atoms with Gasteiger partial charge in [-0.1, -0.05) is 15.9 Å². The normalized spacial score (nSPS) is 10.2. The third kappa shape index (κ3) is 1.35. The molecule has 0 atom stereocenters. The molecule has 0 heterocycles. The summed E-state index contributed by atoms with van der Waals surface area (Å²) >= 11 is 3.04. The predicted molar refractivity (Wildman–Crippen MR) is 43.2 cm³/mol. The number of benzene rings is 1. The first-order valence-electron chi connectivity index (χ1n) is 2.93. The maximum Gasteiger partial charge on any atom is 0.182 e. The number of anilines is 1. The Balaban J connectivity index is 3.46. The molecule has 1 aromatic carbocycles. The van der Waals surface area contributed by atoms with Crippen molar-refractivity contribution in [1.29, 1.82) is 0 Å². The van der Waals surface area contributed by atoms with Gasteiger partial charge in [0.25, 0.3) is 0 Å². The molecule has 0 saturated carbocycles. The van der Waals surface area contributed by atoms with Gasteiger partial charge in [0, 0.05) is 10.0 Å². The molecule has 0 radical (unpaired) electrons. The molecule has 1 aromatic rings. The lowest BCUT2D eigenvalue weighted by molar-refractivity contribution is 0.505. The van der Waals surface area contributed by atoms with Crippen molar-refractivity contribution in [2.24, 2.45) is 0 Å². The molecule has 0 aromatic heterocycles. The summed E-state index contributed by atoms with van der Waals surface area (Å²) in [7, 11) is 0. The molecule has 2 N–H and O–H groups in total. The zero-order chi connectivity index (χ0) is 8.59. The van der Waals surface area contributed by atoms with Crippen molar-refractivity contribution in [2.45, 2.75) is 6.92 Å². The Hall–Kier alpha value is -0.640. The summed E-state index contributed by atoms with van der Waals surface area (Å²) in [5.74, 6) is -1.87. The van der Waals surface area contributed by atoms with Gasteiger partial charge in [0.1, 0.15) is 0 Å². The van der Waals surface area contributed by atoms with E-state index in [9.17, 15) is 8.78 Å². The Bertz CT molecular complexity index is 273. The van der Waals surface area contributed by atoms with Crippen LogP contribution >= 0.6 is 15.9 Å². The fourth-order valence-electron chi connectivity index (χ4n) is 0.704. The summed E-state index contributed by atoms with van der Waals surface area (Å²) < 4.78 is 25.9. The lowest BCUT2D eigenvalue weighted by atomic mass is 10.2. The summed E-state index contributed by atoms with van der Waals surface area (Å²) in [5, 5.41) is 0. The second-order valence-electron chi connectivity index (χ2n) is 2.20. The molecular formula is C7H6BrF2N. The maximum atomic E-state index is 12.8. The average molecular weight is 222 g/mol. The minimum atomic E-state index is -0.981. The highest BCUT2D eigenvalue weighted by atomic mass is 79.9. The van der Waals surface area contributed by atoms with E-state index in [2.05, 4.69) is 15.9 Å². The third-order valence-electron chi connectivity index (χ3n) is 1.42. The van der Waals surface area contributed by atoms with Crippen LogP contribution in [0.15, 0.2) is 10.5 Å². The molecule has 1 nitrogen and oxygen atoms in total. The Labute approximate surface area is 71.3 Å². The van der Waals surface area contributed by atoms with Gasteiger partial charge in [-0.2, -0.15) is 0 Å². The highest BCUT2D eigenvalue weighted by molar-refractivity contribution is 9.10. The number of nitrogen functional groups attached to an aromatic ring is 1. The van der Waals surface area contributed by atoms with Crippen molar-refractivity contribution in [2.75, 3.05) is 5.73 Å². The molecule has 0 fully saturated rings. The summed E-state index contributed by atoms with van der Waals surface area (Å²) in [6.45, 7) is 1.47. The molecule has 0 aliphatic heterocycles. The Kier molecular flexibility index (Phi) is 2.13. The fraction of sp³-hybridized carbons (Fsp3) is 0.143. The van der Waals surface area contributed by atoms with Crippen LogP contribution in [0.5, 0.6) is 0 Å². The number of halogens is 3. The fourth-order valence-corrected chi connectivity index (χ4v) is 1.13. The zero-order valence-electron chi connectivity index (χ0n) is 5.79. The van der Waals surface area contributed by atoms with E-state index in [1.165, 1.54) is 13.0 Å². The second-order valence-corrected chi connectivity index (χ2v) is 3.05. The van der Waals surface area contributed by atoms with Crippen LogP contribution in [-0.4, -0.2) is 0 Å². The molecule has 0 spiro atoms. The number of rotatable bonds is 0. The van der Waals surface area contributed by atoms with Gasteiger partial charge in [-0.15, -0.1) is 0 Å². The first-order chi connectivity index (χ1) is 5.04. The average Bonchev–Trinajstić information content (AvgIpc) is 1.97. The van der Waals surface area contributed by atoms with Crippen LogP contribution in [0, 0.1) is 18.6 Å². The summed E-state index contributed by atoms with van der Waals surface area (Å²) in [6.07, 6.45) is 0. The molecule has 11 heavy (non-hydrogen) atoms. The van der Waals surface area contributed by atoms with Crippen LogP contribution in [0.3, 0.4) is 0 Å². The monoisotopic (exact) mass is 221 g/mol. The van der Waals surface area contributed by atoms with Crippen LogP contribution in [0.1, 0.15) is 5.56 Å². The van der Waals surface area contributed by atoms with Crippen LogP contribution in [-0.2, 0) is 0 Å². The quantitative estimate of drug-likeness (QED) is 0.529. The van der Waals surface area contributed by atoms with Crippen LogP contribution in [0.4, 0.5) is 14.5 Å². The van der Waals surface area contributed by atoms with Crippen molar-refractivity contribution in [3.05, 3.63) is 27.7 Å². The molecule has 4 heteroatoms. The molecule has 60 valence electrons. The molecule has 0 saturated heterocycles. The van der Waals surface area contributed by atoms with Crippen LogP contribution in [0.2, 0.25) is 0 Å². The van der Waals surface area contributed by atoms with Gasteiger partial charge in [0.15, 0.2) is 11.6 Å². The van der Waals surface area contributed by atoms with Crippen molar-refractivity contribution >= 4 is 21.6 Å². The highest BCUT2D eigenvalue weighted by Gasteiger charge is 2.11. The Morgan fingerprint density at radius 3 is 2.45 bits per heavy atom. The van der Waals surface area contributed by atoms with Crippen molar-refractivity contribution in [3.8, 4) is 0 Å². The van der Waals surface area contributed by atoms with E-state index < -0.39 is 11.6 Å². The van der Waals surface area contributed by atoms with Crippen LogP contribution in [0.25, 0.3) is 0 Å². The Morgan fingerprint density at radius 1 is 1.36 bits per heavy atom. The van der Waals surface area contributed by atoms with Gasteiger partial charge < -0.3 is 5.73 Å². The van der Waals surface area contributed by atoms with Gasteiger partial charge in [-0.3, -0.25) is 0 Å². The number of hydrogen-bond donors (Lipinski definition) is 1. The first kappa shape index (κ1) is 8.46. The zero-order valence-corrected chi connectivity index (χ0v) is 7.37. The summed E-state index contributed by atoms with van der Waals surface area (Å²) in [6, 6.07) is 1.34. The molecule has 0 unspecified atom stereocenters. The van der Waals surface area contributed by atoms with Gasteiger partial charge >= 0.3 is 0 Å². The van der Waals surface area contributed by atoms with E-state index >= 15 is 0 Å². The lowest BCUT2D eigenvalue weighted by Gasteiger charge is -2.03. The van der Waals surface area contributed by atoms with E-state index in [0.29, 0.717) is 4.47 Å². The van der Waals surface area contributed by atoms with E-state index in [4.69, 9.17) is 5.73 Å². The van der Waals surface area contributed by atoms with Gasteiger partial charge in [0.05, 0.1) is 5.69 Å². The predicted octanol–water partition coefficient (Wildman–Crippen LogP) is 2.62. The first-order valence-corrected chi connectivity index (χ1v) is 3.73. The topological polar surface area (TPSA) is 26.0 Å². The van der Waals surface area contributed by atoms with E-state index in [1.54, 1.807) is 0 Å². The molecule has 0 aliphatic rings. The van der Waals surface area contributed by atoms with E-state index in [-0.39, 0.29) is 11.3 Å². The standard InChI is InChI=1S/C7H6BrF2N/c1-3-4(8)2-5(11)7(10)6(3)9/h2H,11H2,1H3. The SMILES string of the molecule is Cc1c(Br)cc(N)c(F)c1F. The molecule has 0 amide bonds. The van der Waals surface area contributed by atoms with Crippen molar-refractivity contribution in [3.63, 3.8) is 0 Å². The van der Waals surface area contributed by atoms with Crippen LogP contribution < -0.4 is 5.73 Å². The Morgan fingerprint density at radius 2 is 1.91 bits per heavy atom. The van der Waals surface area contributed by atoms with Crippen molar-refractivity contribution in [1.82, 2.24) is 0 Å². The maximum absolute atomic E-state index is 12.8. The van der Waals surface area contributed by atoms with Crippen molar-refractivity contribution < 1.29 is 8.78 Å². The summed E-state index contributed by atoms with van der Waals surface area (Å²) in [5.41, 5.74) is 5.20. The lowest BCUT2D eigenvalue weighted by Crippen LogP contribution is -1.97. The highest BCUT2D eigenvalue weighted by Crippen LogP contribution is 2.25. The largest absolute Gasteiger partial charge is 0.396 e. The minimum absolute atomic E-state index is 0.181. The second kappa shape index (κ2) is 2.77. The third-order valence-corrected chi connectivity index (χ3v) is 2.24. The molecule has 0 aliphatic carbocycles. The van der Waals surface area contributed by atoms with Gasteiger partial charge in [0.2, 0.25) is 0 Å². The number of hydrogen-bond acceptors (Lipinski definition) is 1. The summed E-state index contributed by atoms with van der Waals surface area (Å²) in [4.78, 5) is 0. The van der Waals surface area contributed by atoms with Gasteiger partial charge in [-0.05, 0) is 13.0 Å². The molecular weight excluding hydrogens is 216 g/mol. The smallest absolute Gasteiger partial charge is 0.182 e. The molecule has 1 rings (SSSR count). The van der Waals surface area contributed by atoms with Gasteiger partial charge in [-0.25, -0.2) is 8.78 Å². The molecule has 0 bridgehead atoms.